The van der Waals surface area contributed by atoms with Crippen LogP contribution in [0.3, 0.4) is 0 Å². The molecular formula is C29H32ClFN6O. The van der Waals surface area contributed by atoms with Gasteiger partial charge in [-0.1, -0.05) is 24.4 Å². The number of halogens is 2. The number of pyridine rings is 2. The summed E-state index contributed by atoms with van der Waals surface area (Å²) in [6, 6.07) is 8.83. The second kappa shape index (κ2) is 11.9. The Morgan fingerprint density at radius 2 is 1.79 bits per heavy atom. The monoisotopic (exact) mass is 534 g/mol. The molecule has 3 aromatic heterocycles. The molecule has 0 aliphatic heterocycles. The Morgan fingerprint density at radius 3 is 2.61 bits per heavy atom. The van der Waals surface area contributed by atoms with Gasteiger partial charge in [-0.25, -0.2) is 9.37 Å². The van der Waals surface area contributed by atoms with Crippen molar-refractivity contribution in [1.29, 1.82) is 0 Å². The van der Waals surface area contributed by atoms with E-state index in [1.807, 2.05) is 12.1 Å². The van der Waals surface area contributed by atoms with E-state index in [2.05, 4.69) is 26.7 Å². The van der Waals surface area contributed by atoms with E-state index in [0.29, 0.717) is 23.2 Å². The van der Waals surface area contributed by atoms with Crippen LogP contribution in [-0.4, -0.2) is 32.6 Å². The fraction of sp³-hybridized carbons (Fsp3) is 0.379. The maximum Gasteiger partial charge on any atom is 0.255 e. The lowest BCUT2D eigenvalue weighted by Crippen LogP contribution is -2.22. The highest BCUT2D eigenvalue weighted by Crippen LogP contribution is 2.34. The third-order valence-electron chi connectivity index (χ3n) is 7.10. The average molecular weight is 535 g/mol. The van der Waals surface area contributed by atoms with Crippen molar-refractivity contribution in [2.45, 2.75) is 51.4 Å². The summed E-state index contributed by atoms with van der Waals surface area (Å²) in [6.07, 6.45) is 11.2. The zero-order valence-corrected chi connectivity index (χ0v) is 22.3. The molecule has 7 nitrogen and oxygen atoms in total. The van der Waals surface area contributed by atoms with E-state index >= 15 is 0 Å². The Morgan fingerprint density at radius 1 is 1.00 bits per heavy atom. The van der Waals surface area contributed by atoms with Gasteiger partial charge in [0.05, 0.1) is 17.4 Å². The molecule has 0 saturated carbocycles. The van der Waals surface area contributed by atoms with Crippen LogP contribution in [0.15, 0.2) is 47.5 Å². The highest BCUT2D eigenvalue weighted by atomic mass is 35.5. The minimum Gasteiger partial charge on any atom is -0.384 e. The second-order valence-electron chi connectivity index (χ2n) is 9.77. The summed E-state index contributed by atoms with van der Waals surface area (Å²) < 4.78 is 15.6. The van der Waals surface area contributed by atoms with Crippen LogP contribution < -0.4 is 16.2 Å². The van der Waals surface area contributed by atoms with Crippen molar-refractivity contribution in [3.05, 3.63) is 75.2 Å². The molecule has 0 spiro atoms. The third kappa shape index (κ3) is 5.80. The summed E-state index contributed by atoms with van der Waals surface area (Å²) in [7, 11) is 1.66. The van der Waals surface area contributed by atoms with Gasteiger partial charge in [0, 0.05) is 59.8 Å². The average Bonchev–Trinajstić information content (AvgIpc) is 2.91. The van der Waals surface area contributed by atoms with Gasteiger partial charge in [0.15, 0.2) is 5.82 Å². The molecule has 0 fully saturated rings. The number of unbranched alkanes of at least 4 members (excludes halogenated alkanes) is 3. The van der Waals surface area contributed by atoms with Gasteiger partial charge < -0.3 is 10.6 Å². The van der Waals surface area contributed by atoms with E-state index in [9.17, 15) is 9.18 Å². The Hall–Kier alpha value is -3.52. The number of aromatic nitrogens is 4. The number of nitrogens with one attached hydrogen (secondary N) is 2. The van der Waals surface area contributed by atoms with Crippen molar-refractivity contribution in [1.82, 2.24) is 19.5 Å². The Balaban J connectivity index is 1.12. The van der Waals surface area contributed by atoms with Crippen molar-refractivity contribution < 1.29 is 4.39 Å². The lowest BCUT2D eigenvalue weighted by molar-refractivity contribution is 0.624. The summed E-state index contributed by atoms with van der Waals surface area (Å²) >= 11 is 6.24. The van der Waals surface area contributed by atoms with Gasteiger partial charge in [-0.15, -0.1) is 0 Å². The first-order chi connectivity index (χ1) is 18.5. The summed E-state index contributed by atoms with van der Waals surface area (Å²) in [5.74, 6) is -0.0725. The molecule has 0 unspecified atom stereocenters. The number of hydrogen-bond acceptors (Lipinski definition) is 6. The number of nitrogens with zero attached hydrogens (tertiary/aromatic N) is 4. The zero-order valence-electron chi connectivity index (χ0n) is 21.6. The number of fused-ring (bicyclic) bond motifs is 2. The minimum atomic E-state index is -0.503. The van der Waals surface area contributed by atoms with E-state index in [-0.39, 0.29) is 11.1 Å². The van der Waals surface area contributed by atoms with Crippen molar-refractivity contribution >= 4 is 34.1 Å². The van der Waals surface area contributed by atoms with Crippen LogP contribution in [0.25, 0.3) is 22.2 Å². The van der Waals surface area contributed by atoms with Crippen LogP contribution in [0.1, 0.15) is 49.8 Å². The smallest absolute Gasteiger partial charge is 0.255 e. The first-order valence-corrected chi connectivity index (χ1v) is 13.7. The van der Waals surface area contributed by atoms with Gasteiger partial charge in [-0.2, -0.15) is 0 Å². The molecule has 4 aromatic rings. The maximum absolute atomic E-state index is 14.1. The predicted octanol–water partition coefficient (Wildman–Crippen LogP) is 6.15. The van der Waals surface area contributed by atoms with Gasteiger partial charge in [0.2, 0.25) is 5.95 Å². The summed E-state index contributed by atoms with van der Waals surface area (Å²) in [5.41, 5.74) is 5.08. The molecular weight excluding hydrogens is 503 g/mol. The number of rotatable bonds is 10. The van der Waals surface area contributed by atoms with E-state index in [1.54, 1.807) is 7.05 Å². The van der Waals surface area contributed by atoms with E-state index < -0.39 is 5.82 Å². The first-order valence-electron chi connectivity index (χ1n) is 13.3. The Labute approximate surface area is 226 Å². The molecule has 0 saturated heterocycles. The van der Waals surface area contributed by atoms with Crippen molar-refractivity contribution in [2.75, 3.05) is 23.7 Å². The van der Waals surface area contributed by atoms with Gasteiger partial charge in [0.1, 0.15) is 0 Å². The van der Waals surface area contributed by atoms with E-state index in [1.165, 1.54) is 52.7 Å². The molecule has 38 heavy (non-hydrogen) atoms. The standard InChI is InChI=1S/C29H32ClFN6O/c1-37-27(38)17-26(20-12-15-32-18-23(20)31)36-29(37)34-14-7-3-2-6-13-33-28-21-8-4-5-9-24(21)35-25-16-19(30)10-11-22(25)28/h10-12,15-18H,2-9,13-14H2,1H3,(H,33,35)(H,34,36). The minimum absolute atomic E-state index is 0.243. The molecule has 2 N–H and O–H groups in total. The van der Waals surface area contributed by atoms with Crippen LogP contribution in [0.4, 0.5) is 16.0 Å². The molecule has 0 amide bonds. The Kier molecular flexibility index (Phi) is 8.17. The zero-order chi connectivity index (χ0) is 26.5. The van der Waals surface area contributed by atoms with Gasteiger partial charge in [-0.05, 0) is 68.4 Å². The van der Waals surface area contributed by atoms with Crippen LogP contribution in [0.2, 0.25) is 5.02 Å². The molecule has 0 atom stereocenters. The van der Waals surface area contributed by atoms with Crippen LogP contribution in [0.5, 0.6) is 0 Å². The Bertz CT molecular complexity index is 1500. The van der Waals surface area contributed by atoms with Crippen LogP contribution >= 0.6 is 11.6 Å². The van der Waals surface area contributed by atoms with Gasteiger partial charge in [0.25, 0.3) is 5.56 Å². The highest BCUT2D eigenvalue weighted by molar-refractivity contribution is 6.31. The predicted molar refractivity (Wildman–Crippen MR) is 152 cm³/mol. The van der Waals surface area contributed by atoms with Crippen LogP contribution in [0, 0.1) is 5.82 Å². The van der Waals surface area contributed by atoms with E-state index in [0.717, 1.165) is 62.2 Å². The second-order valence-corrected chi connectivity index (χ2v) is 10.2. The first kappa shape index (κ1) is 26.1. The normalized spacial score (nSPS) is 12.9. The molecule has 0 radical (unpaired) electrons. The SMILES string of the molecule is Cn1c(NCCCCCCNc2c3c(nc4cc(Cl)ccc24)CCCC3)nc(-c2ccncc2F)cc1=O. The molecule has 5 rings (SSSR count). The quantitative estimate of drug-likeness (QED) is 0.237. The third-order valence-corrected chi connectivity index (χ3v) is 7.33. The lowest BCUT2D eigenvalue weighted by atomic mass is 9.92. The number of anilines is 2. The van der Waals surface area contributed by atoms with Crippen molar-refractivity contribution in [3.8, 4) is 11.3 Å². The molecule has 0 bridgehead atoms. The molecule has 1 aliphatic rings. The summed E-state index contributed by atoms with van der Waals surface area (Å²) in [5, 5.41) is 8.81. The van der Waals surface area contributed by atoms with Crippen molar-refractivity contribution in [3.63, 3.8) is 0 Å². The lowest BCUT2D eigenvalue weighted by Gasteiger charge is -2.22. The molecule has 1 aliphatic carbocycles. The van der Waals surface area contributed by atoms with Crippen molar-refractivity contribution in [2.24, 2.45) is 7.05 Å². The van der Waals surface area contributed by atoms with E-state index in [4.69, 9.17) is 16.6 Å². The van der Waals surface area contributed by atoms with Gasteiger partial charge >= 0.3 is 0 Å². The van der Waals surface area contributed by atoms with Gasteiger partial charge in [-0.3, -0.25) is 19.3 Å². The fourth-order valence-electron chi connectivity index (χ4n) is 5.04. The summed E-state index contributed by atoms with van der Waals surface area (Å²) in [6.45, 7) is 1.58. The molecule has 3 heterocycles. The fourth-order valence-corrected chi connectivity index (χ4v) is 5.20. The maximum atomic E-state index is 14.1. The topological polar surface area (TPSA) is 84.7 Å². The number of aryl methyl sites for hydroxylation is 1. The molecule has 9 heteroatoms. The number of benzene rings is 1. The molecule has 198 valence electrons. The molecule has 1 aromatic carbocycles. The highest BCUT2D eigenvalue weighted by Gasteiger charge is 2.18. The largest absolute Gasteiger partial charge is 0.384 e. The van der Waals surface area contributed by atoms with Crippen LogP contribution in [-0.2, 0) is 19.9 Å². The number of hydrogen-bond donors (Lipinski definition) is 2. The summed E-state index contributed by atoms with van der Waals surface area (Å²) in [4.78, 5) is 25.5.